The molecule has 0 aliphatic carbocycles. The second-order valence-corrected chi connectivity index (χ2v) is 5.75. The first-order chi connectivity index (χ1) is 11.1. The number of para-hydroxylation sites is 1. The number of thiocarbonyl (C=S) groups is 1. The third-order valence-corrected chi connectivity index (χ3v) is 3.92. The van der Waals surface area contributed by atoms with E-state index in [2.05, 4.69) is 20.8 Å². The Morgan fingerprint density at radius 2 is 2.00 bits per heavy atom. The Morgan fingerprint density at radius 3 is 2.70 bits per heavy atom. The molecule has 0 atom stereocenters. The predicted octanol–water partition coefficient (Wildman–Crippen LogP) is 3.56. The number of nitrogens with one attached hydrogen (secondary N) is 2. The molecule has 2 heterocycles. The van der Waals surface area contributed by atoms with Crippen molar-refractivity contribution >= 4 is 34.4 Å². The normalized spacial score (nSPS) is 10.5. The van der Waals surface area contributed by atoms with Gasteiger partial charge in [-0.05, 0) is 35.8 Å². The summed E-state index contributed by atoms with van der Waals surface area (Å²) < 4.78 is 32.1. The minimum Gasteiger partial charge on any atom is -0.353 e. The van der Waals surface area contributed by atoms with E-state index in [4.69, 9.17) is 16.7 Å². The molecule has 0 amide bonds. The number of hydrogen-bond acceptors (Lipinski definition) is 5. The second kappa shape index (κ2) is 6.80. The van der Waals surface area contributed by atoms with Crippen molar-refractivity contribution in [1.82, 2.24) is 15.5 Å². The topological polar surface area (TPSA) is 63.0 Å². The van der Waals surface area contributed by atoms with Crippen molar-refractivity contribution < 1.29 is 13.3 Å². The third-order valence-electron chi connectivity index (χ3n) is 2.81. The molecule has 0 unspecified atom stereocenters. The summed E-state index contributed by atoms with van der Waals surface area (Å²) in [5.41, 5.74) is -0.310. The average molecular weight is 352 g/mol. The Kier molecular flexibility index (Phi) is 4.58. The van der Waals surface area contributed by atoms with Gasteiger partial charge in [-0.3, -0.25) is 0 Å². The zero-order valence-corrected chi connectivity index (χ0v) is 13.2. The maximum Gasteiger partial charge on any atom is 0.246 e. The van der Waals surface area contributed by atoms with Gasteiger partial charge in [-0.15, -0.1) is 11.3 Å². The molecule has 0 aliphatic rings. The number of rotatable bonds is 4. The van der Waals surface area contributed by atoms with E-state index in [1.165, 1.54) is 17.4 Å². The van der Waals surface area contributed by atoms with E-state index in [1.54, 1.807) is 0 Å². The number of anilines is 1. The molecule has 23 heavy (non-hydrogen) atoms. The highest BCUT2D eigenvalue weighted by molar-refractivity contribution is 7.80. The smallest absolute Gasteiger partial charge is 0.246 e. The number of halogens is 2. The first-order valence-corrected chi connectivity index (χ1v) is 7.77. The van der Waals surface area contributed by atoms with E-state index < -0.39 is 11.6 Å². The molecule has 3 aromatic rings. The molecule has 0 spiro atoms. The molecule has 1 aromatic carbocycles. The molecule has 3 rings (SSSR count). The highest BCUT2D eigenvalue weighted by Crippen LogP contribution is 2.21. The van der Waals surface area contributed by atoms with Crippen LogP contribution in [-0.2, 0) is 6.54 Å². The van der Waals surface area contributed by atoms with E-state index in [0.29, 0.717) is 11.7 Å². The Bertz CT molecular complexity index is 800. The van der Waals surface area contributed by atoms with Crippen LogP contribution in [0.3, 0.4) is 0 Å². The van der Waals surface area contributed by atoms with Crippen LogP contribution in [0.4, 0.5) is 14.5 Å². The summed E-state index contributed by atoms with van der Waals surface area (Å²) in [6, 6.07) is 7.31. The maximum atomic E-state index is 13.5. The van der Waals surface area contributed by atoms with Gasteiger partial charge < -0.3 is 15.2 Å². The first kappa shape index (κ1) is 15.5. The molecule has 2 aromatic heterocycles. The van der Waals surface area contributed by atoms with Crippen molar-refractivity contribution in [3.8, 4) is 10.7 Å². The van der Waals surface area contributed by atoms with Gasteiger partial charge in [-0.2, -0.15) is 4.98 Å². The van der Waals surface area contributed by atoms with Crippen LogP contribution < -0.4 is 10.6 Å². The van der Waals surface area contributed by atoms with Gasteiger partial charge in [-0.1, -0.05) is 17.3 Å². The maximum absolute atomic E-state index is 13.5. The molecule has 5 nitrogen and oxygen atoms in total. The highest BCUT2D eigenvalue weighted by atomic mass is 32.1. The largest absolute Gasteiger partial charge is 0.353 e. The van der Waals surface area contributed by atoms with Crippen LogP contribution in [0, 0.1) is 11.6 Å². The molecular formula is C14H10F2N4OS2. The molecule has 9 heteroatoms. The average Bonchev–Trinajstić information content (AvgIpc) is 3.19. The van der Waals surface area contributed by atoms with Crippen molar-refractivity contribution in [1.29, 1.82) is 0 Å². The zero-order valence-electron chi connectivity index (χ0n) is 11.5. The van der Waals surface area contributed by atoms with Gasteiger partial charge in [0, 0.05) is 0 Å². The molecule has 0 saturated carbocycles. The van der Waals surface area contributed by atoms with Crippen LogP contribution in [0.2, 0.25) is 0 Å². The SMILES string of the molecule is Fc1cccc(F)c1NC(=S)NCc1nc(-c2cccs2)no1. The van der Waals surface area contributed by atoms with E-state index >= 15 is 0 Å². The minimum absolute atomic E-state index is 0.0462. The van der Waals surface area contributed by atoms with Crippen LogP contribution in [0.5, 0.6) is 0 Å². The lowest BCUT2D eigenvalue weighted by molar-refractivity contribution is 0.376. The van der Waals surface area contributed by atoms with Crippen LogP contribution in [0.1, 0.15) is 5.89 Å². The van der Waals surface area contributed by atoms with Gasteiger partial charge in [0.25, 0.3) is 0 Å². The third kappa shape index (κ3) is 3.69. The Balaban J connectivity index is 1.59. The molecule has 2 N–H and O–H groups in total. The van der Waals surface area contributed by atoms with Gasteiger partial charge in [0.2, 0.25) is 11.7 Å². The van der Waals surface area contributed by atoms with Crippen LogP contribution in [0.25, 0.3) is 10.7 Å². The first-order valence-electron chi connectivity index (χ1n) is 6.49. The van der Waals surface area contributed by atoms with Crippen LogP contribution >= 0.6 is 23.6 Å². The van der Waals surface area contributed by atoms with Gasteiger partial charge in [-0.25, -0.2) is 8.78 Å². The lowest BCUT2D eigenvalue weighted by atomic mass is 10.3. The predicted molar refractivity (Wildman–Crippen MR) is 87.0 cm³/mol. The van der Waals surface area contributed by atoms with Crippen LogP contribution in [0.15, 0.2) is 40.2 Å². The van der Waals surface area contributed by atoms with Crippen molar-refractivity contribution in [2.24, 2.45) is 0 Å². The quantitative estimate of drug-likeness (QED) is 0.700. The number of hydrogen-bond donors (Lipinski definition) is 2. The molecule has 0 bridgehead atoms. The van der Waals surface area contributed by atoms with Crippen molar-refractivity contribution in [2.75, 3.05) is 5.32 Å². The summed E-state index contributed by atoms with van der Waals surface area (Å²) in [7, 11) is 0. The van der Waals surface area contributed by atoms with E-state index in [1.807, 2.05) is 17.5 Å². The summed E-state index contributed by atoms with van der Waals surface area (Å²) in [5, 5.41) is 11.0. The Labute approximate surface area is 139 Å². The van der Waals surface area contributed by atoms with Crippen LogP contribution in [-0.4, -0.2) is 15.3 Å². The summed E-state index contributed by atoms with van der Waals surface area (Å²) in [6.45, 7) is 0.139. The number of aromatic nitrogens is 2. The fraction of sp³-hybridized carbons (Fsp3) is 0.0714. The van der Waals surface area contributed by atoms with E-state index in [9.17, 15) is 8.78 Å². The summed E-state index contributed by atoms with van der Waals surface area (Å²) in [6.07, 6.45) is 0. The lowest BCUT2D eigenvalue weighted by Crippen LogP contribution is -2.28. The summed E-state index contributed by atoms with van der Waals surface area (Å²) in [4.78, 5) is 5.08. The monoisotopic (exact) mass is 352 g/mol. The summed E-state index contributed by atoms with van der Waals surface area (Å²) >= 11 is 6.49. The van der Waals surface area contributed by atoms with Crippen molar-refractivity contribution in [3.63, 3.8) is 0 Å². The van der Waals surface area contributed by atoms with Gasteiger partial charge in [0.05, 0.1) is 11.4 Å². The molecule has 0 radical (unpaired) electrons. The van der Waals surface area contributed by atoms with Crippen molar-refractivity contribution in [2.45, 2.75) is 6.54 Å². The van der Waals surface area contributed by atoms with Gasteiger partial charge in [0.1, 0.15) is 17.3 Å². The molecule has 0 fully saturated rings. The second-order valence-electron chi connectivity index (χ2n) is 4.39. The Hall–Kier alpha value is -2.39. The van der Waals surface area contributed by atoms with Crippen molar-refractivity contribution in [3.05, 3.63) is 53.2 Å². The van der Waals surface area contributed by atoms with Gasteiger partial charge >= 0.3 is 0 Å². The highest BCUT2D eigenvalue weighted by Gasteiger charge is 2.12. The Morgan fingerprint density at radius 1 is 1.22 bits per heavy atom. The minimum atomic E-state index is -0.730. The molecule has 118 valence electrons. The fourth-order valence-electron chi connectivity index (χ4n) is 1.76. The molecule has 0 aliphatic heterocycles. The summed E-state index contributed by atoms with van der Waals surface area (Å²) in [5.74, 6) is -0.666. The fourth-order valence-corrected chi connectivity index (χ4v) is 2.59. The van der Waals surface area contributed by atoms with Gasteiger partial charge in [0.15, 0.2) is 5.11 Å². The molecule has 0 saturated heterocycles. The zero-order chi connectivity index (χ0) is 16.2. The molecular weight excluding hydrogens is 342 g/mol. The lowest BCUT2D eigenvalue weighted by Gasteiger charge is -2.10. The van der Waals surface area contributed by atoms with E-state index in [0.717, 1.165) is 17.0 Å². The number of nitrogens with zero attached hydrogens (tertiary/aromatic N) is 2. The van der Waals surface area contributed by atoms with E-state index in [-0.39, 0.29) is 17.3 Å². The number of benzene rings is 1. The standard InChI is InChI=1S/C14H10F2N4OS2/c15-8-3-1-4-9(16)12(8)19-14(22)17-7-11-18-13(20-21-11)10-5-2-6-23-10/h1-6H,7H2,(H2,17,19,22). The number of thiophene rings is 1.